The zero-order chi connectivity index (χ0) is 23.5. The van der Waals surface area contributed by atoms with Gasteiger partial charge >= 0.3 is 0 Å². The first kappa shape index (κ1) is 24.4. The number of fused-ring (bicyclic) bond motifs is 1. The monoisotopic (exact) mass is 464 g/mol. The van der Waals surface area contributed by atoms with Crippen molar-refractivity contribution < 1.29 is 14.0 Å². The van der Waals surface area contributed by atoms with Gasteiger partial charge < -0.3 is 21.7 Å². The summed E-state index contributed by atoms with van der Waals surface area (Å²) in [5.41, 5.74) is 11.4. The van der Waals surface area contributed by atoms with E-state index < -0.39 is 6.17 Å². The molecular weight excluding hydrogens is 423 g/mol. The maximum atomic E-state index is 13.8. The predicted octanol–water partition coefficient (Wildman–Crippen LogP) is 1.38. The normalized spacial score (nSPS) is 37.0. The molecule has 2 aliphatic heterocycles. The number of rotatable bonds is 7. The lowest BCUT2D eigenvalue weighted by atomic mass is 9.77. The molecule has 0 bridgehead atoms. The molecule has 2 saturated carbocycles. The van der Waals surface area contributed by atoms with E-state index in [2.05, 4.69) is 10.2 Å². The van der Waals surface area contributed by atoms with Crippen molar-refractivity contribution in [1.29, 1.82) is 5.41 Å². The van der Waals surface area contributed by atoms with E-state index in [4.69, 9.17) is 16.9 Å². The molecule has 4 rings (SSSR count). The topological polar surface area (TPSA) is 129 Å². The maximum absolute atomic E-state index is 13.8. The van der Waals surface area contributed by atoms with Crippen molar-refractivity contribution in [1.82, 2.24) is 15.1 Å². The van der Waals surface area contributed by atoms with Gasteiger partial charge in [-0.3, -0.25) is 19.9 Å². The second kappa shape index (κ2) is 10.7. The van der Waals surface area contributed by atoms with E-state index in [1.807, 2.05) is 0 Å². The van der Waals surface area contributed by atoms with Crippen LogP contribution in [0.1, 0.15) is 64.2 Å². The number of amidine groups is 1. The lowest BCUT2D eigenvalue weighted by molar-refractivity contribution is -0.136. The summed E-state index contributed by atoms with van der Waals surface area (Å²) in [6.45, 7) is 1.90. The minimum Gasteiger partial charge on any atom is -0.387 e. The van der Waals surface area contributed by atoms with Crippen molar-refractivity contribution in [2.24, 2.45) is 29.2 Å². The Morgan fingerprint density at radius 3 is 2.61 bits per heavy atom. The van der Waals surface area contributed by atoms with Crippen molar-refractivity contribution in [3.8, 4) is 0 Å². The van der Waals surface area contributed by atoms with Crippen molar-refractivity contribution >= 4 is 17.6 Å². The molecule has 2 amide bonds. The number of nitrogens with zero attached hydrogens (tertiary/aromatic N) is 2. The Morgan fingerprint density at radius 2 is 1.91 bits per heavy atom. The average Bonchev–Trinajstić information content (AvgIpc) is 3.37. The molecule has 6 N–H and O–H groups in total. The molecule has 0 aromatic carbocycles. The third-order valence-corrected chi connectivity index (χ3v) is 8.46. The standard InChI is InChI=1S/C24H41FN6O2/c25-18-7-9-30(14-18)24(33)21-11-16-4-5-17(23(27)28)12-20(16)31(21)13-15-2-1-3-19(10-15)29-22(32)6-8-26/h15-21H,1-14,26H2,(H3,27,28)(H,29,32)/t15?,16?,17?,18-,19?,20?,21?/m0/s1. The Kier molecular flexibility index (Phi) is 7.89. The number of carbonyl (C=O) groups is 2. The largest absolute Gasteiger partial charge is 0.387 e. The van der Waals surface area contributed by atoms with Gasteiger partial charge in [-0.25, -0.2) is 4.39 Å². The van der Waals surface area contributed by atoms with Gasteiger partial charge in [0.15, 0.2) is 0 Å². The summed E-state index contributed by atoms with van der Waals surface area (Å²) in [7, 11) is 0. The van der Waals surface area contributed by atoms with Gasteiger partial charge in [-0.1, -0.05) is 6.42 Å². The van der Waals surface area contributed by atoms with E-state index in [1.54, 1.807) is 4.90 Å². The highest BCUT2D eigenvalue weighted by atomic mass is 19.1. The molecule has 9 heteroatoms. The van der Waals surface area contributed by atoms with E-state index >= 15 is 0 Å². The van der Waals surface area contributed by atoms with Gasteiger partial charge in [-0.05, 0) is 63.2 Å². The Balaban J connectivity index is 1.46. The third kappa shape index (κ3) is 5.67. The average molecular weight is 465 g/mol. The van der Waals surface area contributed by atoms with Gasteiger partial charge in [0.1, 0.15) is 6.17 Å². The molecule has 4 fully saturated rings. The van der Waals surface area contributed by atoms with Crippen LogP contribution in [0, 0.1) is 23.2 Å². The molecule has 8 nitrogen and oxygen atoms in total. The second-order valence-electron chi connectivity index (χ2n) is 10.7. The highest BCUT2D eigenvalue weighted by Gasteiger charge is 2.49. The minimum absolute atomic E-state index is 0.0174. The van der Waals surface area contributed by atoms with Crippen molar-refractivity contribution in [3.63, 3.8) is 0 Å². The number of carbonyl (C=O) groups excluding carboxylic acids is 2. The fraction of sp³-hybridized carbons (Fsp3) is 0.875. The van der Waals surface area contributed by atoms with Crippen LogP contribution in [0.4, 0.5) is 4.39 Å². The first-order valence-corrected chi connectivity index (χ1v) is 12.9. The number of nitrogens with one attached hydrogen (secondary N) is 2. The number of hydrogen-bond acceptors (Lipinski definition) is 5. The lowest BCUT2D eigenvalue weighted by Gasteiger charge is -2.40. The molecule has 2 saturated heterocycles. The highest BCUT2D eigenvalue weighted by molar-refractivity contribution is 5.83. The van der Waals surface area contributed by atoms with Crippen molar-refractivity contribution in [2.75, 3.05) is 26.2 Å². The summed E-state index contributed by atoms with van der Waals surface area (Å²) in [4.78, 5) is 29.6. The fourth-order valence-corrected chi connectivity index (χ4v) is 6.78. The quantitative estimate of drug-likeness (QED) is 0.334. The third-order valence-electron chi connectivity index (χ3n) is 8.46. The van der Waals surface area contributed by atoms with E-state index in [9.17, 15) is 14.0 Å². The van der Waals surface area contributed by atoms with Crippen LogP contribution in [0.3, 0.4) is 0 Å². The Morgan fingerprint density at radius 1 is 1.09 bits per heavy atom. The van der Waals surface area contributed by atoms with Gasteiger partial charge in [-0.2, -0.15) is 0 Å². The lowest BCUT2D eigenvalue weighted by Crippen LogP contribution is -2.51. The van der Waals surface area contributed by atoms with Crippen LogP contribution in [0.15, 0.2) is 0 Å². The summed E-state index contributed by atoms with van der Waals surface area (Å²) in [5.74, 6) is 1.27. The van der Waals surface area contributed by atoms with Crippen molar-refractivity contribution in [3.05, 3.63) is 0 Å². The molecule has 4 aliphatic rings. The van der Waals surface area contributed by atoms with Gasteiger partial charge in [0.2, 0.25) is 11.8 Å². The number of nitrogens with two attached hydrogens (primary N) is 2. The van der Waals surface area contributed by atoms with Crippen LogP contribution in [-0.4, -0.2) is 77.9 Å². The Labute approximate surface area is 196 Å². The first-order chi connectivity index (χ1) is 15.9. The van der Waals surface area contributed by atoms with E-state index in [0.29, 0.717) is 37.8 Å². The van der Waals surface area contributed by atoms with Crippen LogP contribution in [-0.2, 0) is 9.59 Å². The van der Waals surface area contributed by atoms with E-state index in [-0.39, 0.29) is 48.2 Å². The minimum atomic E-state index is -0.913. The van der Waals surface area contributed by atoms with Crippen LogP contribution < -0.4 is 16.8 Å². The summed E-state index contributed by atoms with van der Waals surface area (Å²) in [6, 6.07) is 0.207. The zero-order valence-electron chi connectivity index (χ0n) is 19.7. The van der Waals surface area contributed by atoms with Gasteiger partial charge in [0, 0.05) is 44.1 Å². The van der Waals surface area contributed by atoms with E-state index in [1.165, 1.54) is 0 Å². The highest BCUT2D eigenvalue weighted by Crippen LogP contribution is 2.43. The second-order valence-corrected chi connectivity index (χ2v) is 10.7. The van der Waals surface area contributed by atoms with Crippen LogP contribution in [0.2, 0.25) is 0 Å². The summed E-state index contributed by atoms with van der Waals surface area (Å²) in [5, 5.41) is 11.1. The van der Waals surface area contributed by atoms with Crippen LogP contribution >= 0.6 is 0 Å². The predicted molar refractivity (Wildman–Crippen MR) is 125 cm³/mol. The fourth-order valence-electron chi connectivity index (χ4n) is 6.78. The van der Waals surface area contributed by atoms with Gasteiger partial charge in [0.05, 0.1) is 18.4 Å². The molecule has 0 aromatic heterocycles. The smallest absolute Gasteiger partial charge is 0.240 e. The number of hydrogen-bond donors (Lipinski definition) is 4. The van der Waals surface area contributed by atoms with Crippen LogP contribution in [0.5, 0.6) is 0 Å². The molecule has 33 heavy (non-hydrogen) atoms. The molecule has 2 aliphatic carbocycles. The van der Waals surface area contributed by atoms with Crippen molar-refractivity contribution in [2.45, 2.75) is 88.5 Å². The maximum Gasteiger partial charge on any atom is 0.240 e. The zero-order valence-corrected chi connectivity index (χ0v) is 19.7. The Hall–Kier alpha value is -1.74. The van der Waals surface area contributed by atoms with Gasteiger partial charge in [-0.15, -0.1) is 0 Å². The van der Waals surface area contributed by atoms with Crippen LogP contribution in [0.25, 0.3) is 0 Å². The molecule has 0 aromatic rings. The number of amides is 2. The molecular formula is C24H41FN6O2. The molecule has 0 spiro atoms. The first-order valence-electron chi connectivity index (χ1n) is 12.9. The number of likely N-dealkylation sites (tertiary alicyclic amines) is 2. The summed E-state index contributed by atoms with van der Waals surface area (Å²) >= 11 is 0. The summed E-state index contributed by atoms with van der Waals surface area (Å²) in [6.07, 6.45) is 7.49. The molecule has 6 unspecified atom stereocenters. The number of alkyl halides is 1. The molecule has 0 radical (unpaired) electrons. The Bertz CT molecular complexity index is 736. The number of halogens is 1. The molecule has 7 atom stereocenters. The summed E-state index contributed by atoms with van der Waals surface area (Å²) < 4.78 is 13.8. The molecule has 186 valence electrons. The molecule has 2 heterocycles. The van der Waals surface area contributed by atoms with Gasteiger partial charge in [0.25, 0.3) is 0 Å². The van der Waals surface area contributed by atoms with E-state index in [0.717, 1.165) is 57.9 Å². The SMILES string of the molecule is N=C(N)C1CCC2CC(C(=O)N3CC[C@H](F)C3)N(CC3CCCC(NC(=O)CCN)C3)C2C1.